The van der Waals surface area contributed by atoms with E-state index in [1.165, 1.54) is 17.3 Å². The average Bonchev–Trinajstić information content (AvgIpc) is 3.33. The number of halogens is 2. The molecule has 0 radical (unpaired) electrons. The van der Waals surface area contributed by atoms with E-state index >= 15 is 0 Å². The molecule has 6 nitrogen and oxygen atoms in total. The van der Waals surface area contributed by atoms with Crippen LogP contribution in [0.25, 0.3) is 0 Å². The van der Waals surface area contributed by atoms with Gasteiger partial charge < -0.3 is 10.6 Å². The molecule has 1 aliphatic carbocycles. The molecule has 1 saturated carbocycles. The van der Waals surface area contributed by atoms with E-state index in [9.17, 15) is 13.6 Å². The Morgan fingerprint density at radius 3 is 2.88 bits per heavy atom. The normalized spacial score (nSPS) is 24.2. The lowest BCUT2D eigenvalue weighted by atomic mass is 10.0. The van der Waals surface area contributed by atoms with Gasteiger partial charge in [-0.05, 0) is 43.5 Å². The van der Waals surface area contributed by atoms with Gasteiger partial charge in [-0.15, -0.1) is 0 Å². The number of alkyl halides is 2. The van der Waals surface area contributed by atoms with Gasteiger partial charge in [-0.1, -0.05) is 6.07 Å². The van der Waals surface area contributed by atoms with Crippen LogP contribution in [0.3, 0.4) is 0 Å². The summed E-state index contributed by atoms with van der Waals surface area (Å²) in [7, 11) is 0. The summed E-state index contributed by atoms with van der Waals surface area (Å²) >= 11 is 0. The van der Waals surface area contributed by atoms with Gasteiger partial charge in [0.1, 0.15) is 23.6 Å². The smallest absolute Gasteiger partial charge is 0.280 e. The molecule has 2 aliphatic heterocycles. The van der Waals surface area contributed by atoms with Crippen molar-refractivity contribution in [2.24, 2.45) is 11.0 Å². The number of allylic oxidation sites excluding steroid dienone is 3. The van der Waals surface area contributed by atoms with Gasteiger partial charge >= 0.3 is 0 Å². The lowest BCUT2D eigenvalue weighted by Crippen LogP contribution is -2.50. The molecule has 0 bridgehead atoms. The summed E-state index contributed by atoms with van der Waals surface area (Å²) < 4.78 is 26.8. The van der Waals surface area contributed by atoms with Gasteiger partial charge in [0.05, 0.1) is 0 Å². The van der Waals surface area contributed by atoms with Crippen LogP contribution in [0.4, 0.5) is 14.6 Å². The number of nitrogens with zero attached hydrogens (tertiary/aromatic N) is 3. The molecule has 1 amide bonds. The van der Waals surface area contributed by atoms with Crippen LogP contribution in [-0.2, 0) is 4.79 Å². The first-order valence-corrected chi connectivity index (χ1v) is 8.09. The SMILES string of the molecule is Cc1cccc(NC(=O)C2C=NN3C(C(F)F)=CC(=C4CC4)NC23)n1. The average molecular weight is 345 g/mol. The molecule has 0 saturated heterocycles. The molecule has 25 heavy (non-hydrogen) atoms. The first kappa shape index (κ1) is 15.7. The molecule has 3 aliphatic rings. The van der Waals surface area contributed by atoms with Gasteiger partial charge in [-0.25, -0.2) is 18.8 Å². The maximum absolute atomic E-state index is 13.4. The Morgan fingerprint density at radius 2 is 2.20 bits per heavy atom. The monoisotopic (exact) mass is 345 g/mol. The Morgan fingerprint density at radius 1 is 1.40 bits per heavy atom. The minimum atomic E-state index is -2.66. The van der Waals surface area contributed by atoms with Gasteiger partial charge in [0.15, 0.2) is 0 Å². The summed E-state index contributed by atoms with van der Waals surface area (Å²) in [6.45, 7) is 1.82. The zero-order valence-corrected chi connectivity index (χ0v) is 13.5. The Balaban J connectivity index is 1.57. The van der Waals surface area contributed by atoms with Crippen molar-refractivity contribution >= 4 is 17.9 Å². The number of pyridine rings is 1. The van der Waals surface area contributed by atoms with E-state index in [4.69, 9.17) is 0 Å². The number of hydrazone groups is 1. The van der Waals surface area contributed by atoms with Gasteiger partial charge in [0.25, 0.3) is 6.43 Å². The largest absolute Gasteiger partial charge is 0.363 e. The number of nitrogens with one attached hydrogen (secondary N) is 2. The Labute approximate surface area is 143 Å². The summed E-state index contributed by atoms with van der Waals surface area (Å²) in [5, 5.41) is 11.1. The second kappa shape index (κ2) is 5.94. The first-order valence-electron chi connectivity index (χ1n) is 8.09. The molecule has 4 rings (SSSR count). The van der Waals surface area contributed by atoms with Crippen LogP contribution in [-0.4, -0.2) is 34.7 Å². The van der Waals surface area contributed by atoms with E-state index in [1.54, 1.807) is 12.1 Å². The molecule has 1 aromatic rings. The van der Waals surface area contributed by atoms with E-state index in [0.717, 1.165) is 24.1 Å². The van der Waals surface area contributed by atoms with Crippen molar-refractivity contribution in [2.75, 3.05) is 5.32 Å². The quantitative estimate of drug-likeness (QED) is 0.882. The first-order chi connectivity index (χ1) is 12.0. The van der Waals surface area contributed by atoms with Crippen molar-refractivity contribution in [3.63, 3.8) is 0 Å². The summed E-state index contributed by atoms with van der Waals surface area (Å²) in [5.74, 6) is -0.602. The van der Waals surface area contributed by atoms with E-state index in [1.807, 2.05) is 13.0 Å². The summed E-state index contributed by atoms with van der Waals surface area (Å²) in [5.41, 5.74) is 2.38. The molecule has 8 heteroatoms. The zero-order chi connectivity index (χ0) is 17.6. The van der Waals surface area contributed by atoms with Crippen LogP contribution < -0.4 is 10.6 Å². The van der Waals surface area contributed by atoms with Crippen molar-refractivity contribution in [2.45, 2.75) is 32.4 Å². The minimum Gasteiger partial charge on any atom is -0.363 e. The molecule has 1 fully saturated rings. The summed E-state index contributed by atoms with van der Waals surface area (Å²) in [4.78, 5) is 16.9. The molecule has 3 heterocycles. The number of hydrogen-bond donors (Lipinski definition) is 2. The predicted octanol–water partition coefficient (Wildman–Crippen LogP) is 2.37. The number of carbonyl (C=O) groups is 1. The van der Waals surface area contributed by atoms with Crippen molar-refractivity contribution in [1.29, 1.82) is 0 Å². The number of fused-ring (bicyclic) bond motifs is 1. The van der Waals surface area contributed by atoms with Gasteiger partial charge in [0.2, 0.25) is 5.91 Å². The third kappa shape index (κ3) is 2.99. The number of aromatic nitrogens is 1. The number of rotatable bonds is 3. The van der Waals surface area contributed by atoms with Crippen molar-refractivity contribution < 1.29 is 13.6 Å². The lowest BCUT2D eigenvalue weighted by molar-refractivity contribution is -0.119. The van der Waals surface area contributed by atoms with Crippen molar-refractivity contribution in [1.82, 2.24) is 15.3 Å². The zero-order valence-electron chi connectivity index (χ0n) is 13.5. The van der Waals surface area contributed by atoms with E-state index in [0.29, 0.717) is 11.5 Å². The van der Waals surface area contributed by atoms with Crippen LogP contribution in [0.1, 0.15) is 18.5 Å². The number of anilines is 1. The van der Waals surface area contributed by atoms with Gasteiger partial charge in [0, 0.05) is 17.6 Å². The van der Waals surface area contributed by atoms with Gasteiger partial charge in [-0.3, -0.25) is 4.79 Å². The molecular weight excluding hydrogens is 328 g/mol. The third-order valence-corrected chi connectivity index (χ3v) is 4.36. The fourth-order valence-corrected chi connectivity index (χ4v) is 2.97. The molecular formula is C17H17F2N5O. The molecule has 0 spiro atoms. The topological polar surface area (TPSA) is 69.6 Å². The number of carbonyl (C=O) groups excluding carboxylic acids is 1. The van der Waals surface area contributed by atoms with Crippen LogP contribution in [0, 0.1) is 12.8 Å². The predicted molar refractivity (Wildman–Crippen MR) is 88.7 cm³/mol. The molecule has 2 unspecified atom stereocenters. The highest BCUT2D eigenvalue weighted by molar-refractivity contribution is 6.02. The summed E-state index contributed by atoms with van der Waals surface area (Å²) in [6.07, 6.45) is 1.32. The summed E-state index contributed by atoms with van der Waals surface area (Å²) in [6, 6.07) is 5.30. The van der Waals surface area contributed by atoms with Crippen molar-refractivity contribution in [3.8, 4) is 0 Å². The second-order valence-electron chi connectivity index (χ2n) is 6.26. The van der Waals surface area contributed by atoms with E-state index in [-0.39, 0.29) is 11.6 Å². The van der Waals surface area contributed by atoms with Crippen LogP contribution in [0.15, 0.2) is 46.3 Å². The lowest BCUT2D eigenvalue weighted by Gasteiger charge is -2.34. The fraction of sp³-hybridized carbons (Fsp3) is 0.353. The highest BCUT2D eigenvalue weighted by atomic mass is 19.3. The number of hydrogen-bond acceptors (Lipinski definition) is 5. The van der Waals surface area contributed by atoms with E-state index in [2.05, 4.69) is 20.7 Å². The minimum absolute atomic E-state index is 0.182. The highest BCUT2D eigenvalue weighted by Gasteiger charge is 2.43. The molecule has 2 N–H and O–H groups in total. The number of amides is 1. The standard InChI is InChI=1S/C17H17F2N5O/c1-9-3-2-4-14(21-9)23-17(25)11-8-20-24-13(15(18)19)7-12(10-5-6-10)22-16(11)24/h2-4,7-8,11,15-16,22H,5-6H2,1H3,(H,21,23,25). The third-order valence-electron chi connectivity index (χ3n) is 4.36. The Kier molecular flexibility index (Phi) is 3.74. The van der Waals surface area contributed by atoms with Crippen LogP contribution in [0.2, 0.25) is 0 Å². The van der Waals surface area contributed by atoms with Crippen LogP contribution >= 0.6 is 0 Å². The van der Waals surface area contributed by atoms with E-state index < -0.39 is 18.5 Å². The highest BCUT2D eigenvalue weighted by Crippen LogP contribution is 2.37. The maximum atomic E-state index is 13.4. The van der Waals surface area contributed by atoms with Crippen LogP contribution in [0.5, 0.6) is 0 Å². The molecule has 0 aromatic carbocycles. The number of aryl methyl sites for hydroxylation is 1. The second-order valence-corrected chi connectivity index (χ2v) is 6.26. The molecule has 130 valence electrons. The molecule has 1 aromatic heterocycles. The van der Waals surface area contributed by atoms with Gasteiger partial charge in [-0.2, -0.15) is 5.10 Å². The maximum Gasteiger partial charge on any atom is 0.280 e. The Hall–Kier alpha value is -2.77. The molecule has 2 atom stereocenters. The Bertz CT molecular complexity index is 811. The fourth-order valence-electron chi connectivity index (χ4n) is 2.97. The van der Waals surface area contributed by atoms with Crippen molar-refractivity contribution in [3.05, 3.63) is 46.9 Å².